The molecule has 2 aliphatic rings. The van der Waals surface area contributed by atoms with Gasteiger partial charge in [-0.3, -0.25) is 0 Å². The zero-order chi connectivity index (χ0) is 19.4. The average molecular weight is 363 g/mol. The van der Waals surface area contributed by atoms with E-state index >= 15 is 0 Å². The van der Waals surface area contributed by atoms with Gasteiger partial charge in [0.15, 0.2) is 0 Å². The van der Waals surface area contributed by atoms with E-state index < -0.39 is 0 Å². The molecule has 154 valence electrons. The molecule has 2 saturated carbocycles. The molecule has 0 heterocycles. The van der Waals surface area contributed by atoms with E-state index in [2.05, 4.69) is 55.4 Å². The number of rotatable bonds is 8. The fourth-order valence-electron chi connectivity index (χ4n) is 6.33. The van der Waals surface area contributed by atoms with Crippen molar-refractivity contribution in [2.45, 2.75) is 107 Å². The van der Waals surface area contributed by atoms with E-state index in [1.54, 1.807) is 0 Å². The Morgan fingerprint density at radius 2 is 1.23 bits per heavy atom. The molecule has 0 heteroatoms. The second kappa shape index (κ2) is 9.97. The lowest BCUT2D eigenvalue weighted by molar-refractivity contribution is 0.116. The molecule has 7 unspecified atom stereocenters. The summed E-state index contributed by atoms with van der Waals surface area (Å²) in [6.45, 7) is 20.1. The molecule has 0 aromatic rings. The van der Waals surface area contributed by atoms with Crippen molar-refractivity contribution in [1.29, 1.82) is 0 Å². The summed E-state index contributed by atoms with van der Waals surface area (Å²) in [6, 6.07) is 0. The van der Waals surface area contributed by atoms with Gasteiger partial charge in [0.25, 0.3) is 0 Å². The Bertz CT molecular complexity index is 389. The largest absolute Gasteiger partial charge is 0.0625 e. The lowest BCUT2D eigenvalue weighted by Gasteiger charge is -2.38. The van der Waals surface area contributed by atoms with E-state index in [-0.39, 0.29) is 0 Å². The molecule has 0 aromatic carbocycles. The molecule has 7 atom stereocenters. The molecule has 0 amide bonds. The van der Waals surface area contributed by atoms with Crippen LogP contribution in [-0.4, -0.2) is 0 Å². The van der Waals surface area contributed by atoms with Gasteiger partial charge in [-0.25, -0.2) is 0 Å². The van der Waals surface area contributed by atoms with Gasteiger partial charge in [-0.05, 0) is 91.3 Å². The Balaban J connectivity index is 1.80. The standard InChI is InChI=1S/C26H50/c1-17(2)20(5)26-14-11-24(16-26)15-19(4)21(6)22(7)23(8)25-12-9-18(3)10-13-25/h17-26H,9-16H2,1-8H3. The van der Waals surface area contributed by atoms with Crippen LogP contribution in [0.2, 0.25) is 0 Å². The maximum atomic E-state index is 2.57. The Morgan fingerprint density at radius 3 is 1.81 bits per heavy atom. The van der Waals surface area contributed by atoms with Gasteiger partial charge in [0, 0.05) is 0 Å². The summed E-state index contributed by atoms with van der Waals surface area (Å²) >= 11 is 0. The van der Waals surface area contributed by atoms with Gasteiger partial charge in [0.1, 0.15) is 0 Å². The fourth-order valence-corrected chi connectivity index (χ4v) is 6.33. The predicted octanol–water partition coefficient (Wildman–Crippen LogP) is 8.46. The van der Waals surface area contributed by atoms with Gasteiger partial charge in [0.2, 0.25) is 0 Å². The van der Waals surface area contributed by atoms with Crippen LogP contribution in [0.5, 0.6) is 0 Å². The van der Waals surface area contributed by atoms with Crippen molar-refractivity contribution in [3.8, 4) is 0 Å². The van der Waals surface area contributed by atoms with E-state index in [1.807, 2.05) is 0 Å². The summed E-state index contributed by atoms with van der Waals surface area (Å²) in [5.41, 5.74) is 0. The normalized spacial score (nSPS) is 35.9. The fraction of sp³-hybridized carbons (Fsp3) is 1.00. The van der Waals surface area contributed by atoms with Gasteiger partial charge in [0.05, 0.1) is 0 Å². The van der Waals surface area contributed by atoms with Gasteiger partial charge < -0.3 is 0 Å². The third kappa shape index (κ3) is 5.75. The van der Waals surface area contributed by atoms with Crippen molar-refractivity contribution in [2.75, 3.05) is 0 Å². The third-order valence-corrected chi connectivity index (χ3v) is 9.44. The summed E-state index contributed by atoms with van der Waals surface area (Å²) in [7, 11) is 0. The molecule has 26 heavy (non-hydrogen) atoms. The Labute approximate surface area is 166 Å². The quantitative estimate of drug-likeness (QED) is 0.406. The van der Waals surface area contributed by atoms with E-state index in [1.165, 1.54) is 51.4 Å². The molecular formula is C26H50. The highest BCUT2D eigenvalue weighted by molar-refractivity contribution is 4.84. The van der Waals surface area contributed by atoms with Crippen molar-refractivity contribution in [3.63, 3.8) is 0 Å². The first-order valence-corrected chi connectivity index (χ1v) is 12.2. The lowest BCUT2D eigenvalue weighted by Crippen LogP contribution is -2.30. The van der Waals surface area contributed by atoms with Gasteiger partial charge in [-0.15, -0.1) is 0 Å². The smallest absolute Gasteiger partial charge is 0.0383 e. The van der Waals surface area contributed by atoms with Crippen LogP contribution in [-0.2, 0) is 0 Å². The van der Waals surface area contributed by atoms with Crippen LogP contribution in [0.25, 0.3) is 0 Å². The molecule has 0 N–H and O–H groups in total. The summed E-state index contributed by atoms with van der Waals surface area (Å²) in [4.78, 5) is 0. The van der Waals surface area contributed by atoms with Crippen molar-refractivity contribution in [1.82, 2.24) is 0 Å². The molecule has 0 saturated heterocycles. The minimum absolute atomic E-state index is 0.856. The first-order valence-electron chi connectivity index (χ1n) is 12.2. The highest BCUT2D eigenvalue weighted by Gasteiger charge is 2.34. The van der Waals surface area contributed by atoms with Crippen LogP contribution in [0.3, 0.4) is 0 Å². The topological polar surface area (TPSA) is 0 Å². The van der Waals surface area contributed by atoms with Crippen LogP contribution < -0.4 is 0 Å². The summed E-state index contributed by atoms with van der Waals surface area (Å²) in [5.74, 6) is 9.34. The first kappa shape index (κ1) is 22.3. The molecule has 2 rings (SSSR count). The van der Waals surface area contributed by atoms with Crippen molar-refractivity contribution >= 4 is 0 Å². The zero-order valence-corrected chi connectivity index (χ0v) is 19.4. The first-order chi connectivity index (χ1) is 12.2. The minimum Gasteiger partial charge on any atom is -0.0625 e. The monoisotopic (exact) mass is 362 g/mol. The molecule has 0 bridgehead atoms. The molecule has 0 radical (unpaired) electrons. The van der Waals surface area contributed by atoms with Crippen LogP contribution in [0, 0.1) is 59.2 Å². The van der Waals surface area contributed by atoms with Gasteiger partial charge in [-0.2, -0.15) is 0 Å². The van der Waals surface area contributed by atoms with E-state index in [0.717, 1.165) is 59.2 Å². The Hall–Kier alpha value is 0. The minimum atomic E-state index is 0.856. The van der Waals surface area contributed by atoms with Crippen molar-refractivity contribution < 1.29 is 0 Å². The maximum Gasteiger partial charge on any atom is -0.0383 e. The zero-order valence-electron chi connectivity index (χ0n) is 19.4. The van der Waals surface area contributed by atoms with Crippen LogP contribution in [0.1, 0.15) is 107 Å². The second-order valence-electron chi connectivity index (χ2n) is 11.4. The number of hydrogen-bond donors (Lipinski definition) is 0. The molecule has 2 fully saturated rings. The molecule has 0 aliphatic heterocycles. The highest BCUT2D eigenvalue weighted by Crippen LogP contribution is 2.44. The third-order valence-electron chi connectivity index (χ3n) is 9.44. The molecule has 2 aliphatic carbocycles. The second-order valence-corrected chi connectivity index (χ2v) is 11.4. The van der Waals surface area contributed by atoms with Crippen LogP contribution in [0.15, 0.2) is 0 Å². The predicted molar refractivity (Wildman–Crippen MR) is 117 cm³/mol. The average Bonchev–Trinajstić information content (AvgIpc) is 3.07. The SMILES string of the molecule is CC1CCC(C(C)C(C)C(C)C(C)CC2CCC(C(C)C(C)C)C2)CC1. The van der Waals surface area contributed by atoms with Crippen molar-refractivity contribution in [3.05, 3.63) is 0 Å². The van der Waals surface area contributed by atoms with Gasteiger partial charge >= 0.3 is 0 Å². The number of hydrogen-bond acceptors (Lipinski definition) is 0. The van der Waals surface area contributed by atoms with E-state index in [0.29, 0.717) is 0 Å². The van der Waals surface area contributed by atoms with Gasteiger partial charge in [-0.1, -0.05) is 74.7 Å². The summed E-state index contributed by atoms with van der Waals surface area (Å²) < 4.78 is 0. The highest BCUT2D eigenvalue weighted by atomic mass is 14.4. The van der Waals surface area contributed by atoms with Crippen LogP contribution >= 0.6 is 0 Å². The van der Waals surface area contributed by atoms with Crippen LogP contribution in [0.4, 0.5) is 0 Å². The van der Waals surface area contributed by atoms with E-state index in [4.69, 9.17) is 0 Å². The molecule has 0 nitrogen and oxygen atoms in total. The maximum absolute atomic E-state index is 2.57. The molecule has 0 aromatic heterocycles. The lowest BCUT2D eigenvalue weighted by atomic mass is 9.67. The Morgan fingerprint density at radius 1 is 0.654 bits per heavy atom. The molecule has 0 spiro atoms. The Kier molecular flexibility index (Phi) is 8.55. The summed E-state index contributed by atoms with van der Waals surface area (Å²) in [6.07, 6.45) is 11.9. The van der Waals surface area contributed by atoms with E-state index in [9.17, 15) is 0 Å². The molecular weight excluding hydrogens is 312 g/mol. The summed E-state index contributed by atoms with van der Waals surface area (Å²) in [5, 5.41) is 0. The van der Waals surface area contributed by atoms with Crippen molar-refractivity contribution in [2.24, 2.45) is 59.2 Å².